The van der Waals surface area contributed by atoms with Crippen LogP contribution in [0.4, 0.5) is 0 Å². The molecule has 4 fully saturated rings. The molecule has 4 saturated carbocycles. The number of carboxylic acids is 1. The average molecular weight is 481 g/mol. The number of hydrogen-bond acceptors (Lipinski definition) is 4. The summed E-state index contributed by atoms with van der Waals surface area (Å²) in [5.74, 6) is 0.472. The Labute approximate surface area is 204 Å². The van der Waals surface area contributed by atoms with Gasteiger partial charge in [0, 0.05) is 17.5 Å². The van der Waals surface area contributed by atoms with Crippen molar-refractivity contribution in [2.24, 2.45) is 23.2 Å². The van der Waals surface area contributed by atoms with E-state index in [0.29, 0.717) is 24.3 Å². The first kappa shape index (κ1) is 23.1. The van der Waals surface area contributed by atoms with E-state index in [9.17, 15) is 14.4 Å². The number of thiophene rings is 1. The Balaban J connectivity index is 1.24. The molecule has 4 bridgehead atoms. The smallest absolute Gasteiger partial charge is 0.335 e. The van der Waals surface area contributed by atoms with E-state index in [0.717, 1.165) is 42.5 Å². The topological polar surface area (TPSA) is 95.5 Å². The summed E-state index contributed by atoms with van der Waals surface area (Å²) >= 11 is 1.62. The minimum Gasteiger partial charge on any atom is -0.478 e. The Morgan fingerprint density at radius 3 is 2.32 bits per heavy atom. The number of hydrogen-bond donors (Lipinski definition) is 3. The summed E-state index contributed by atoms with van der Waals surface area (Å²) < 4.78 is 0. The third kappa shape index (κ3) is 4.04. The summed E-state index contributed by atoms with van der Waals surface area (Å²) in [7, 11) is 0. The van der Waals surface area contributed by atoms with Crippen molar-refractivity contribution in [1.29, 1.82) is 0 Å². The van der Waals surface area contributed by atoms with E-state index in [4.69, 9.17) is 5.11 Å². The zero-order chi connectivity index (χ0) is 24.1. The summed E-state index contributed by atoms with van der Waals surface area (Å²) in [6.07, 6.45) is 4.77. The number of rotatable bonds is 7. The highest BCUT2D eigenvalue weighted by atomic mass is 32.1. The van der Waals surface area contributed by atoms with E-state index in [1.165, 1.54) is 0 Å². The highest BCUT2D eigenvalue weighted by Crippen LogP contribution is 2.60. The molecular weight excluding hydrogens is 448 g/mol. The largest absolute Gasteiger partial charge is 0.478 e. The number of aromatic carboxylic acids is 1. The molecule has 3 N–H and O–H groups in total. The molecule has 6 nitrogen and oxygen atoms in total. The van der Waals surface area contributed by atoms with Gasteiger partial charge in [0.05, 0.1) is 16.4 Å². The Bertz CT molecular complexity index is 1080. The normalized spacial score (nSPS) is 29.6. The molecule has 0 spiro atoms. The number of carbonyl (C=O) groups is 3. The minimum absolute atomic E-state index is 0.0794. The molecule has 2 aromatic rings. The fourth-order valence-corrected chi connectivity index (χ4v) is 7.60. The van der Waals surface area contributed by atoms with Gasteiger partial charge in [-0.15, -0.1) is 11.3 Å². The van der Waals surface area contributed by atoms with Crippen LogP contribution in [0.15, 0.2) is 41.8 Å². The van der Waals surface area contributed by atoms with Gasteiger partial charge in [0.25, 0.3) is 0 Å². The number of nitrogens with one attached hydrogen (secondary N) is 2. The van der Waals surface area contributed by atoms with E-state index in [2.05, 4.69) is 10.6 Å². The second-order valence-electron chi connectivity index (χ2n) is 11.0. The standard InChI is InChI=1S/C27H32N2O4S/c1-26(2,21-4-3-9-34-21)24(32)29-22-19-10-17-11-20(22)14-27(12-17,13-19)25(33)28-15-16-5-7-18(8-6-16)23(30)31/h3-9,17,19-20,22H,10-15H2,1-2H3,(H,28,33)(H,29,32)(H,30,31). The maximum Gasteiger partial charge on any atom is 0.335 e. The van der Waals surface area contributed by atoms with Crippen LogP contribution in [0, 0.1) is 23.2 Å². The molecule has 0 saturated heterocycles. The minimum atomic E-state index is -0.954. The zero-order valence-corrected chi connectivity index (χ0v) is 20.5. The van der Waals surface area contributed by atoms with Crippen molar-refractivity contribution in [3.63, 3.8) is 0 Å². The molecule has 34 heavy (non-hydrogen) atoms. The summed E-state index contributed by atoms with van der Waals surface area (Å²) in [4.78, 5) is 38.8. The van der Waals surface area contributed by atoms with Gasteiger partial charge >= 0.3 is 5.97 Å². The average Bonchev–Trinajstić information content (AvgIpc) is 3.35. The Hall–Kier alpha value is -2.67. The van der Waals surface area contributed by atoms with Gasteiger partial charge in [0.1, 0.15) is 0 Å². The van der Waals surface area contributed by atoms with Gasteiger partial charge in [-0.25, -0.2) is 4.79 Å². The first-order valence-corrected chi connectivity index (χ1v) is 13.0. The van der Waals surface area contributed by atoms with Gasteiger partial charge < -0.3 is 15.7 Å². The van der Waals surface area contributed by atoms with E-state index in [-0.39, 0.29) is 28.8 Å². The van der Waals surface area contributed by atoms with E-state index >= 15 is 0 Å². The number of carbonyl (C=O) groups excluding carboxylic acids is 2. The molecule has 1 aromatic heterocycles. The van der Waals surface area contributed by atoms with Crippen LogP contribution >= 0.6 is 11.3 Å². The molecule has 1 heterocycles. The van der Waals surface area contributed by atoms with Crippen LogP contribution in [0.5, 0.6) is 0 Å². The second-order valence-corrected chi connectivity index (χ2v) is 12.0. The molecule has 0 radical (unpaired) electrons. The first-order chi connectivity index (χ1) is 16.2. The van der Waals surface area contributed by atoms with Gasteiger partial charge in [-0.05, 0) is 92.8 Å². The van der Waals surface area contributed by atoms with E-state index in [1.807, 2.05) is 31.4 Å². The van der Waals surface area contributed by atoms with Crippen LogP contribution in [0.25, 0.3) is 0 Å². The summed E-state index contributed by atoms with van der Waals surface area (Å²) in [5.41, 5.74) is 0.228. The van der Waals surface area contributed by atoms with Crippen LogP contribution < -0.4 is 10.6 Å². The van der Waals surface area contributed by atoms with Crippen LogP contribution in [-0.4, -0.2) is 28.9 Å². The van der Waals surface area contributed by atoms with Crippen LogP contribution in [0.3, 0.4) is 0 Å². The van der Waals surface area contributed by atoms with Gasteiger partial charge in [0.15, 0.2) is 0 Å². The Morgan fingerprint density at radius 1 is 1.06 bits per heavy atom. The molecule has 180 valence electrons. The third-order valence-corrected chi connectivity index (χ3v) is 9.60. The van der Waals surface area contributed by atoms with E-state index in [1.54, 1.807) is 35.6 Å². The lowest BCUT2D eigenvalue weighted by molar-refractivity contribution is -0.151. The van der Waals surface area contributed by atoms with Crippen molar-refractivity contribution in [2.45, 2.75) is 64.0 Å². The summed E-state index contributed by atoms with van der Waals surface area (Å²) in [6, 6.07) is 10.8. The summed E-state index contributed by atoms with van der Waals surface area (Å²) in [5, 5.41) is 17.6. The van der Waals surface area contributed by atoms with Crippen molar-refractivity contribution in [3.05, 3.63) is 57.8 Å². The van der Waals surface area contributed by atoms with Crippen molar-refractivity contribution in [3.8, 4) is 0 Å². The van der Waals surface area contributed by atoms with Crippen molar-refractivity contribution >= 4 is 29.1 Å². The molecule has 4 aliphatic rings. The molecule has 2 unspecified atom stereocenters. The zero-order valence-electron chi connectivity index (χ0n) is 19.7. The lowest BCUT2D eigenvalue weighted by Gasteiger charge is -2.59. The lowest BCUT2D eigenvalue weighted by Crippen LogP contribution is -2.63. The lowest BCUT2D eigenvalue weighted by atomic mass is 9.47. The maximum atomic E-state index is 13.4. The molecule has 0 aliphatic heterocycles. The fourth-order valence-electron chi connectivity index (χ4n) is 6.75. The Morgan fingerprint density at radius 2 is 1.74 bits per heavy atom. The molecular formula is C27H32N2O4S. The number of carboxylic acid groups (broad SMARTS) is 1. The molecule has 4 aliphatic carbocycles. The van der Waals surface area contributed by atoms with E-state index < -0.39 is 11.4 Å². The maximum absolute atomic E-state index is 13.4. The quantitative estimate of drug-likeness (QED) is 0.549. The highest BCUT2D eigenvalue weighted by Gasteiger charge is 2.58. The molecule has 2 amide bonds. The molecule has 6 rings (SSSR count). The van der Waals surface area contributed by atoms with Gasteiger partial charge in [-0.3, -0.25) is 9.59 Å². The summed E-state index contributed by atoms with van der Waals surface area (Å²) in [6.45, 7) is 4.38. The first-order valence-electron chi connectivity index (χ1n) is 12.1. The van der Waals surface area contributed by atoms with Gasteiger partial charge in [-0.2, -0.15) is 0 Å². The predicted octanol–water partition coefficient (Wildman–Crippen LogP) is 4.35. The number of benzene rings is 1. The van der Waals surface area contributed by atoms with Crippen LogP contribution in [-0.2, 0) is 21.5 Å². The van der Waals surface area contributed by atoms with Crippen molar-refractivity contribution in [2.75, 3.05) is 0 Å². The fraction of sp³-hybridized carbons (Fsp3) is 0.519. The monoisotopic (exact) mass is 480 g/mol. The molecule has 2 atom stereocenters. The molecule has 7 heteroatoms. The predicted molar refractivity (Wildman–Crippen MR) is 131 cm³/mol. The number of amides is 2. The second kappa shape index (κ2) is 8.52. The van der Waals surface area contributed by atoms with Crippen LogP contribution in [0.2, 0.25) is 0 Å². The highest BCUT2D eigenvalue weighted by molar-refractivity contribution is 7.10. The van der Waals surface area contributed by atoms with Crippen molar-refractivity contribution in [1.82, 2.24) is 10.6 Å². The van der Waals surface area contributed by atoms with Gasteiger partial charge in [-0.1, -0.05) is 18.2 Å². The van der Waals surface area contributed by atoms with Crippen molar-refractivity contribution < 1.29 is 19.5 Å². The SMILES string of the molecule is CC(C)(C(=O)NC1C2CC3CC1CC(C(=O)NCc1ccc(C(=O)O)cc1)(C3)C2)c1cccs1. The van der Waals surface area contributed by atoms with Gasteiger partial charge in [0.2, 0.25) is 11.8 Å². The Kier molecular flexibility index (Phi) is 5.79. The third-order valence-electron chi connectivity index (χ3n) is 8.41. The van der Waals surface area contributed by atoms with Crippen LogP contribution in [0.1, 0.15) is 66.8 Å². The molecule has 1 aromatic carbocycles.